The molecule has 0 radical (unpaired) electrons. The van der Waals surface area contributed by atoms with Gasteiger partial charge in [0.15, 0.2) is 11.6 Å². The first-order valence-electron chi connectivity index (χ1n) is 14.7. The van der Waals surface area contributed by atoms with Gasteiger partial charge in [0.2, 0.25) is 0 Å². The minimum atomic E-state index is -0.425. The first-order valence-corrected chi connectivity index (χ1v) is 14.7. The fourth-order valence-electron chi connectivity index (χ4n) is 6.90. The molecule has 1 heterocycles. The summed E-state index contributed by atoms with van der Waals surface area (Å²) in [6, 6.07) is 28.5. The molecule has 0 unspecified atom stereocenters. The molecule has 3 aliphatic rings. The van der Waals surface area contributed by atoms with E-state index < -0.39 is 5.92 Å². The number of nitrogens with zero attached hydrogens (tertiary/aromatic N) is 1. The summed E-state index contributed by atoms with van der Waals surface area (Å²) in [5, 5.41) is 0. The van der Waals surface area contributed by atoms with Crippen LogP contribution in [0.2, 0.25) is 0 Å². The molecule has 0 atom stereocenters. The minimum Gasteiger partial charge on any atom is -0.489 e. The van der Waals surface area contributed by atoms with Crippen molar-refractivity contribution >= 4 is 11.6 Å². The standard InChI is InChI=1S/C37H39NO3/c1-36(2)19-28-34(30(39)21-36)33(27-17-11-12-18-32(27)41-24-26-15-9-6-10-16-26)35-29(20-37(3,4)22-31(35)40)38(28)23-25-13-7-5-8-14-25/h5-18,33H,19-24H2,1-4H3. The Morgan fingerprint density at radius 1 is 0.659 bits per heavy atom. The summed E-state index contributed by atoms with van der Waals surface area (Å²) in [6.07, 6.45) is 2.51. The molecule has 41 heavy (non-hydrogen) atoms. The van der Waals surface area contributed by atoms with Crippen molar-refractivity contribution in [3.8, 4) is 5.75 Å². The first-order chi connectivity index (χ1) is 19.6. The normalized spacial score (nSPS) is 20.1. The smallest absolute Gasteiger partial charge is 0.162 e. The lowest BCUT2D eigenvalue weighted by Gasteiger charge is -2.49. The molecule has 0 saturated carbocycles. The van der Waals surface area contributed by atoms with Gasteiger partial charge < -0.3 is 9.64 Å². The maximum absolute atomic E-state index is 14.2. The number of rotatable bonds is 6. The summed E-state index contributed by atoms with van der Waals surface area (Å²) >= 11 is 0. The molecule has 4 heteroatoms. The number of benzene rings is 3. The molecule has 0 N–H and O–H groups in total. The van der Waals surface area contributed by atoms with Crippen molar-refractivity contribution in [1.29, 1.82) is 0 Å². The number of carbonyl (C=O) groups excluding carboxylic acids is 2. The van der Waals surface area contributed by atoms with E-state index in [4.69, 9.17) is 4.74 Å². The van der Waals surface area contributed by atoms with Gasteiger partial charge in [-0.1, -0.05) is 107 Å². The van der Waals surface area contributed by atoms with E-state index in [0.717, 1.165) is 52.3 Å². The van der Waals surface area contributed by atoms with Gasteiger partial charge in [0, 0.05) is 53.4 Å². The van der Waals surface area contributed by atoms with Crippen LogP contribution >= 0.6 is 0 Å². The average Bonchev–Trinajstić information content (AvgIpc) is 2.93. The van der Waals surface area contributed by atoms with Gasteiger partial charge in [-0.25, -0.2) is 0 Å². The van der Waals surface area contributed by atoms with Crippen molar-refractivity contribution < 1.29 is 14.3 Å². The Morgan fingerprint density at radius 2 is 1.15 bits per heavy atom. The van der Waals surface area contributed by atoms with Gasteiger partial charge in [-0.2, -0.15) is 0 Å². The molecular formula is C37H39NO3. The number of ketones is 2. The molecule has 3 aromatic carbocycles. The number of allylic oxidation sites excluding steroid dienone is 4. The summed E-state index contributed by atoms with van der Waals surface area (Å²) in [5.41, 5.74) is 6.53. The molecule has 1 aliphatic heterocycles. The van der Waals surface area contributed by atoms with Crippen LogP contribution in [0.3, 0.4) is 0 Å². The fraction of sp³-hybridized carbons (Fsp3) is 0.351. The third-order valence-electron chi connectivity index (χ3n) is 8.67. The lowest BCUT2D eigenvalue weighted by Crippen LogP contribution is -2.44. The number of Topliss-reactive ketones (excluding diaryl/α,β-unsaturated/α-hetero) is 2. The van der Waals surface area contributed by atoms with Crippen molar-refractivity contribution in [2.45, 2.75) is 72.4 Å². The lowest BCUT2D eigenvalue weighted by molar-refractivity contribution is -0.119. The minimum absolute atomic E-state index is 0.140. The molecule has 0 aromatic heterocycles. The van der Waals surface area contributed by atoms with E-state index in [-0.39, 0.29) is 22.4 Å². The summed E-state index contributed by atoms with van der Waals surface area (Å²) in [7, 11) is 0. The average molecular weight is 546 g/mol. The van der Waals surface area contributed by atoms with Gasteiger partial charge in [0.05, 0.1) is 0 Å². The molecule has 0 bridgehead atoms. The predicted octanol–water partition coefficient (Wildman–Crippen LogP) is 8.15. The van der Waals surface area contributed by atoms with Crippen molar-refractivity contribution in [3.05, 3.63) is 124 Å². The van der Waals surface area contributed by atoms with Crippen LogP contribution in [-0.4, -0.2) is 16.5 Å². The highest BCUT2D eigenvalue weighted by Crippen LogP contribution is 2.55. The van der Waals surface area contributed by atoms with E-state index in [1.165, 1.54) is 5.56 Å². The van der Waals surface area contributed by atoms with Gasteiger partial charge >= 0.3 is 0 Å². The molecular weight excluding hydrogens is 506 g/mol. The largest absolute Gasteiger partial charge is 0.489 e. The topological polar surface area (TPSA) is 46.6 Å². The van der Waals surface area contributed by atoms with Crippen LogP contribution in [0.4, 0.5) is 0 Å². The molecule has 0 amide bonds. The quantitative estimate of drug-likeness (QED) is 0.314. The highest BCUT2D eigenvalue weighted by molar-refractivity contribution is 6.07. The van der Waals surface area contributed by atoms with Crippen molar-refractivity contribution in [2.75, 3.05) is 0 Å². The fourth-order valence-corrected chi connectivity index (χ4v) is 6.90. The molecule has 210 valence electrons. The van der Waals surface area contributed by atoms with Crippen LogP contribution in [0.5, 0.6) is 5.75 Å². The van der Waals surface area contributed by atoms with Gasteiger partial charge in [-0.05, 0) is 40.9 Å². The molecule has 2 aliphatic carbocycles. The van der Waals surface area contributed by atoms with Gasteiger partial charge in [-0.3, -0.25) is 9.59 Å². The number of carbonyl (C=O) groups is 2. The van der Waals surface area contributed by atoms with Crippen LogP contribution in [0, 0.1) is 10.8 Å². The summed E-state index contributed by atoms with van der Waals surface area (Å²) in [5.74, 6) is 0.584. The third-order valence-corrected chi connectivity index (χ3v) is 8.67. The third kappa shape index (κ3) is 5.40. The Hall–Kier alpha value is -3.92. The first kappa shape index (κ1) is 27.3. The molecule has 4 nitrogen and oxygen atoms in total. The highest BCUT2D eigenvalue weighted by Gasteiger charge is 2.49. The second-order valence-corrected chi connectivity index (χ2v) is 13.4. The number of hydrogen-bond acceptors (Lipinski definition) is 4. The van der Waals surface area contributed by atoms with Gasteiger partial charge in [0.25, 0.3) is 0 Å². The zero-order chi connectivity index (χ0) is 28.8. The molecule has 3 aromatic rings. The van der Waals surface area contributed by atoms with E-state index in [1.54, 1.807) is 0 Å². The lowest BCUT2D eigenvalue weighted by atomic mass is 9.63. The molecule has 0 spiro atoms. The summed E-state index contributed by atoms with van der Waals surface area (Å²) < 4.78 is 6.43. The molecule has 6 rings (SSSR count). The van der Waals surface area contributed by atoms with Crippen LogP contribution in [0.25, 0.3) is 0 Å². The van der Waals surface area contributed by atoms with Crippen molar-refractivity contribution in [3.63, 3.8) is 0 Å². The Morgan fingerprint density at radius 3 is 1.71 bits per heavy atom. The summed E-state index contributed by atoms with van der Waals surface area (Å²) in [6.45, 7) is 9.79. The van der Waals surface area contributed by atoms with Crippen LogP contribution in [-0.2, 0) is 22.7 Å². The number of para-hydroxylation sites is 1. The van der Waals surface area contributed by atoms with E-state index in [1.807, 2.05) is 60.7 Å². The van der Waals surface area contributed by atoms with E-state index in [2.05, 4.69) is 56.9 Å². The van der Waals surface area contributed by atoms with Crippen molar-refractivity contribution in [2.24, 2.45) is 10.8 Å². The Kier molecular flexibility index (Phi) is 6.97. The van der Waals surface area contributed by atoms with E-state index in [0.29, 0.717) is 26.0 Å². The van der Waals surface area contributed by atoms with E-state index >= 15 is 0 Å². The summed E-state index contributed by atoms with van der Waals surface area (Å²) in [4.78, 5) is 30.7. The molecule has 0 saturated heterocycles. The Balaban J connectivity index is 1.53. The Labute approximate surface area is 243 Å². The zero-order valence-corrected chi connectivity index (χ0v) is 24.6. The second-order valence-electron chi connectivity index (χ2n) is 13.4. The maximum atomic E-state index is 14.2. The molecule has 0 fully saturated rings. The van der Waals surface area contributed by atoms with Crippen LogP contribution in [0.1, 0.15) is 76.0 Å². The SMILES string of the molecule is CC1(C)CC(=O)C2=C(C1)N(Cc1ccccc1)C1=C(C(=O)CC(C)(C)C1)C2c1ccccc1OCc1ccccc1. The Bertz CT molecular complexity index is 1490. The maximum Gasteiger partial charge on any atom is 0.162 e. The van der Waals surface area contributed by atoms with Crippen LogP contribution in [0.15, 0.2) is 107 Å². The highest BCUT2D eigenvalue weighted by atomic mass is 16.5. The monoisotopic (exact) mass is 545 g/mol. The number of ether oxygens (including phenoxy) is 1. The van der Waals surface area contributed by atoms with Crippen LogP contribution < -0.4 is 4.74 Å². The predicted molar refractivity (Wildman–Crippen MR) is 162 cm³/mol. The van der Waals surface area contributed by atoms with Gasteiger partial charge in [0.1, 0.15) is 12.4 Å². The second kappa shape index (κ2) is 10.5. The van der Waals surface area contributed by atoms with E-state index in [9.17, 15) is 9.59 Å². The number of hydrogen-bond donors (Lipinski definition) is 0. The van der Waals surface area contributed by atoms with Gasteiger partial charge in [-0.15, -0.1) is 0 Å². The van der Waals surface area contributed by atoms with Crippen molar-refractivity contribution in [1.82, 2.24) is 4.90 Å². The zero-order valence-electron chi connectivity index (χ0n) is 24.6.